The zero-order valence-corrected chi connectivity index (χ0v) is 9.76. The zero-order valence-electron chi connectivity index (χ0n) is 9.76. The van der Waals surface area contributed by atoms with Gasteiger partial charge < -0.3 is 0 Å². The van der Waals surface area contributed by atoms with Crippen molar-refractivity contribution in [3.63, 3.8) is 0 Å². The number of hydrogen-bond donors (Lipinski definition) is 3. The Bertz CT molecular complexity index is 550. The van der Waals surface area contributed by atoms with Crippen LogP contribution in [0.2, 0.25) is 0 Å². The molecule has 0 aliphatic rings. The maximum Gasteiger partial charge on any atom is 0.296 e. The summed E-state index contributed by atoms with van der Waals surface area (Å²) in [5.74, 6) is 0.175. The average molecular weight is 240 g/mol. The second-order valence-corrected chi connectivity index (χ2v) is 3.72. The van der Waals surface area contributed by atoms with E-state index in [2.05, 4.69) is 10.5 Å². The number of amides is 1. The predicted molar refractivity (Wildman–Crippen MR) is 69.6 cm³/mol. The van der Waals surface area contributed by atoms with Crippen LogP contribution in [-0.4, -0.2) is 11.7 Å². The number of hydrazone groups is 1. The van der Waals surface area contributed by atoms with Gasteiger partial charge in [0.25, 0.3) is 11.7 Å². The summed E-state index contributed by atoms with van der Waals surface area (Å²) in [5.41, 5.74) is 9.76. The third kappa shape index (κ3) is 2.95. The van der Waals surface area contributed by atoms with E-state index in [0.29, 0.717) is 11.4 Å². The number of carbonyl (C=O) groups excluding carboxylic acids is 1. The lowest BCUT2D eigenvalue weighted by Gasteiger charge is -1.99. The van der Waals surface area contributed by atoms with Crippen molar-refractivity contribution in [3.8, 4) is 0 Å². The third-order valence-electron chi connectivity index (χ3n) is 2.43. The van der Waals surface area contributed by atoms with Crippen molar-refractivity contribution in [2.24, 2.45) is 5.73 Å². The van der Waals surface area contributed by atoms with E-state index in [1.54, 1.807) is 24.3 Å². The molecule has 0 saturated carbocycles. The largest absolute Gasteiger partial charge is 0.296 e. The molecule has 0 unspecified atom stereocenters. The van der Waals surface area contributed by atoms with Gasteiger partial charge in [-0.15, -0.1) is 0 Å². The molecule has 0 saturated heterocycles. The van der Waals surface area contributed by atoms with E-state index in [-0.39, 0.29) is 5.91 Å². The number of nitrogens with one attached hydrogen (secondary N) is 2. The highest BCUT2D eigenvalue weighted by Gasteiger charge is 2.06. The van der Waals surface area contributed by atoms with Crippen molar-refractivity contribution in [1.82, 2.24) is 5.43 Å². The van der Waals surface area contributed by atoms with Crippen LogP contribution in [0, 0.1) is 0 Å². The van der Waals surface area contributed by atoms with E-state index in [1.165, 1.54) is 0 Å². The van der Waals surface area contributed by atoms with Crippen LogP contribution in [0.3, 0.4) is 0 Å². The van der Waals surface area contributed by atoms with Gasteiger partial charge in [-0.1, -0.05) is 36.4 Å². The Hall–Kier alpha value is -2.62. The van der Waals surface area contributed by atoms with Gasteiger partial charge in [0.1, 0.15) is 0 Å². The fraction of sp³-hybridized carbons (Fsp3) is 0. The molecule has 0 heterocycles. The summed E-state index contributed by atoms with van der Waals surface area (Å²) in [6, 6.07) is 18.3. The maximum atomic E-state index is 11.7. The van der Waals surface area contributed by atoms with Crippen LogP contribution in [0.1, 0.15) is 15.9 Å². The molecule has 0 aliphatic carbocycles. The normalized spacial score (nSPS) is 11.0. The quantitative estimate of drug-likeness (QED) is 0.396. The standard InChI is InChI=1S/C14H13N3O/c15-13(11-7-3-1-4-8-11)16-17-14(18)12-9-5-2-6-10-12/h1-10H,(H2,15,16)(H,17,18)/p+1. The van der Waals surface area contributed by atoms with E-state index >= 15 is 0 Å². The summed E-state index contributed by atoms with van der Waals surface area (Å²) in [7, 11) is 0. The van der Waals surface area contributed by atoms with Crippen molar-refractivity contribution in [1.29, 1.82) is 0 Å². The molecule has 2 rings (SSSR count). The van der Waals surface area contributed by atoms with E-state index < -0.39 is 0 Å². The monoisotopic (exact) mass is 240 g/mol. The van der Waals surface area contributed by atoms with E-state index in [0.717, 1.165) is 5.56 Å². The van der Waals surface area contributed by atoms with E-state index in [4.69, 9.17) is 5.73 Å². The topological polar surface area (TPSA) is 69.1 Å². The van der Waals surface area contributed by atoms with Gasteiger partial charge in [-0.05, 0) is 24.3 Å². The van der Waals surface area contributed by atoms with Crippen LogP contribution in [0.15, 0.2) is 60.7 Å². The molecule has 4 N–H and O–H groups in total. The highest BCUT2D eigenvalue weighted by Crippen LogP contribution is 1.96. The number of carbonyl (C=O) groups is 1. The third-order valence-corrected chi connectivity index (χ3v) is 2.43. The van der Waals surface area contributed by atoms with Gasteiger partial charge in [0, 0.05) is 5.56 Å². The first-order chi connectivity index (χ1) is 8.77. The van der Waals surface area contributed by atoms with Gasteiger partial charge in [-0.2, -0.15) is 10.5 Å². The van der Waals surface area contributed by atoms with Gasteiger partial charge in [0.15, 0.2) is 0 Å². The molecule has 4 heteroatoms. The van der Waals surface area contributed by atoms with Crippen molar-refractivity contribution < 1.29 is 9.90 Å². The Morgan fingerprint density at radius 2 is 1.39 bits per heavy atom. The van der Waals surface area contributed by atoms with Crippen LogP contribution < -0.4 is 16.3 Å². The lowest BCUT2D eigenvalue weighted by atomic mass is 10.2. The Balaban J connectivity index is 2.05. The summed E-state index contributed by atoms with van der Waals surface area (Å²) in [4.78, 5) is 11.7. The number of nitrogens with two attached hydrogens (primary N) is 1. The van der Waals surface area contributed by atoms with Crippen molar-refractivity contribution in [3.05, 3.63) is 71.8 Å². The molecule has 0 aromatic heterocycles. The SMILES string of the molecule is NC(=[NH+]NC(=O)c1ccccc1)c1ccccc1. The van der Waals surface area contributed by atoms with Crippen LogP contribution in [-0.2, 0) is 0 Å². The minimum absolute atomic E-state index is 0.227. The van der Waals surface area contributed by atoms with Crippen LogP contribution >= 0.6 is 0 Å². The molecule has 0 spiro atoms. The molecular weight excluding hydrogens is 226 g/mol. The van der Waals surface area contributed by atoms with Crippen molar-refractivity contribution in [2.75, 3.05) is 0 Å². The molecule has 18 heavy (non-hydrogen) atoms. The number of hydrogen-bond acceptors (Lipinski definition) is 1. The van der Waals surface area contributed by atoms with Crippen LogP contribution in [0.25, 0.3) is 0 Å². The molecule has 2 aromatic carbocycles. The molecular formula is C14H14N3O+. The summed E-state index contributed by atoms with van der Waals surface area (Å²) < 4.78 is 0. The molecule has 2 aromatic rings. The predicted octanol–water partition coefficient (Wildman–Crippen LogP) is -0.182. The first kappa shape index (κ1) is 11.9. The van der Waals surface area contributed by atoms with Crippen LogP contribution in [0.4, 0.5) is 0 Å². The first-order valence-electron chi connectivity index (χ1n) is 5.56. The van der Waals surface area contributed by atoms with Gasteiger partial charge in [0.05, 0.1) is 5.56 Å². The van der Waals surface area contributed by atoms with Gasteiger partial charge in [-0.3, -0.25) is 10.5 Å². The number of hydrazine groups is 1. The second kappa shape index (κ2) is 5.63. The minimum atomic E-state index is -0.227. The zero-order chi connectivity index (χ0) is 12.8. The lowest BCUT2D eigenvalue weighted by Crippen LogP contribution is -2.86. The summed E-state index contributed by atoms with van der Waals surface area (Å²) in [5, 5.41) is 2.69. The number of benzene rings is 2. The van der Waals surface area contributed by atoms with E-state index in [1.807, 2.05) is 36.4 Å². The Labute approximate surface area is 105 Å². The molecule has 1 amide bonds. The molecule has 90 valence electrons. The second-order valence-electron chi connectivity index (χ2n) is 3.72. The molecule has 0 atom stereocenters. The first-order valence-corrected chi connectivity index (χ1v) is 5.56. The summed E-state index contributed by atoms with van der Waals surface area (Å²) in [6.45, 7) is 0. The minimum Gasteiger partial charge on any atom is -0.285 e. The average Bonchev–Trinajstić information content (AvgIpc) is 2.46. The maximum absolute atomic E-state index is 11.7. The van der Waals surface area contributed by atoms with Crippen LogP contribution in [0.5, 0.6) is 0 Å². The summed E-state index contributed by atoms with van der Waals surface area (Å²) >= 11 is 0. The highest BCUT2D eigenvalue weighted by molar-refractivity contribution is 5.95. The Morgan fingerprint density at radius 1 is 0.889 bits per heavy atom. The lowest BCUT2D eigenvalue weighted by molar-refractivity contribution is -0.508. The molecule has 0 radical (unpaired) electrons. The Morgan fingerprint density at radius 3 is 1.94 bits per heavy atom. The van der Waals surface area contributed by atoms with Gasteiger partial charge in [0.2, 0.25) is 0 Å². The van der Waals surface area contributed by atoms with E-state index in [9.17, 15) is 4.79 Å². The van der Waals surface area contributed by atoms with Crippen molar-refractivity contribution >= 4 is 11.7 Å². The van der Waals surface area contributed by atoms with Crippen molar-refractivity contribution in [2.45, 2.75) is 0 Å². The number of rotatable bonds is 3. The molecule has 0 aliphatic heterocycles. The molecule has 0 bridgehead atoms. The molecule has 0 fully saturated rings. The smallest absolute Gasteiger partial charge is 0.285 e. The van der Waals surface area contributed by atoms with Gasteiger partial charge in [-0.25, -0.2) is 0 Å². The number of amidine groups is 1. The fourth-order valence-corrected chi connectivity index (χ4v) is 1.48. The summed E-state index contributed by atoms with van der Waals surface area (Å²) in [6.07, 6.45) is 0. The fourth-order valence-electron chi connectivity index (χ4n) is 1.48. The number of nitrogen functional groups attached to an aromatic ring is 1. The Kier molecular flexibility index (Phi) is 3.71. The molecule has 4 nitrogen and oxygen atoms in total. The highest BCUT2D eigenvalue weighted by atomic mass is 16.2. The van der Waals surface area contributed by atoms with Gasteiger partial charge >= 0.3 is 0 Å².